The van der Waals surface area contributed by atoms with Crippen molar-refractivity contribution in [3.05, 3.63) is 34.9 Å². The van der Waals surface area contributed by atoms with Gasteiger partial charge in [0.05, 0.1) is 0 Å². The standard InChI is InChI=1S/C14H23NS/c1-10(2)8-16-9-14(15)13-7-11(3)5-6-12(13)4/h5-7,10,14H,8-9,15H2,1-4H3. The lowest BCUT2D eigenvalue weighted by Gasteiger charge is -2.15. The van der Waals surface area contributed by atoms with Crippen LogP contribution in [0, 0.1) is 19.8 Å². The zero-order valence-corrected chi connectivity index (χ0v) is 11.6. The fraction of sp³-hybridized carbons (Fsp3) is 0.571. The molecule has 1 unspecified atom stereocenters. The van der Waals surface area contributed by atoms with Crippen molar-refractivity contribution in [1.29, 1.82) is 0 Å². The summed E-state index contributed by atoms with van der Waals surface area (Å²) in [5.41, 5.74) is 10.1. The Balaban J connectivity index is 2.58. The number of rotatable bonds is 5. The van der Waals surface area contributed by atoms with Gasteiger partial charge in [0, 0.05) is 11.8 Å². The maximum absolute atomic E-state index is 6.23. The number of benzene rings is 1. The topological polar surface area (TPSA) is 26.0 Å². The second-order valence-corrected chi connectivity index (χ2v) is 5.97. The first kappa shape index (κ1) is 13.6. The zero-order chi connectivity index (χ0) is 12.1. The highest BCUT2D eigenvalue weighted by atomic mass is 32.2. The highest BCUT2D eigenvalue weighted by Crippen LogP contribution is 2.21. The summed E-state index contributed by atoms with van der Waals surface area (Å²) in [6, 6.07) is 6.70. The molecule has 1 nitrogen and oxygen atoms in total. The van der Waals surface area contributed by atoms with E-state index in [0.29, 0.717) is 0 Å². The van der Waals surface area contributed by atoms with Crippen LogP contribution >= 0.6 is 11.8 Å². The van der Waals surface area contributed by atoms with E-state index >= 15 is 0 Å². The molecule has 0 bridgehead atoms. The van der Waals surface area contributed by atoms with Gasteiger partial charge in [-0.25, -0.2) is 0 Å². The molecule has 2 N–H and O–H groups in total. The molecular formula is C14H23NS. The molecule has 0 aromatic heterocycles. The van der Waals surface area contributed by atoms with Crippen molar-refractivity contribution in [2.24, 2.45) is 11.7 Å². The lowest BCUT2D eigenvalue weighted by atomic mass is 10.0. The molecule has 0 aliphatic carbocycles. The predicted octanol–water partition coefficient (Wildman–Crippen LogP) is 3.69. The first-order chi connectivity index (χ1) is 7.50. The molecule has 0 spiro atoms. The van der Waals surface area contributed by atoms with Crippen LogP contribution in [0.2, 0.25) is 0 Å². The summed E-state index contributed by atoms with van der Waals surface area (Å²) in [7, 11) is 0. The van der Waals surface area contributed by atoms with Gasteiger partial charge in [-0.05, 0) is 36.6 Å². The number of hydrogen-bond donors (Lipinski definition) is 1. The van der Waals surface area contributed by atoms with Crippen LogP contribution in [-0.2, 0) is 0 Å². The van der Waals surface area contributed by atoms with E-state index in [2.05, 4.69) is 45.9 Å². The van der Waals surface area contributed by atoms with Crippen LogP contribution in [0.3, 0.4) is 0 Å². The third-order valence-electron chi connectivity index (χ3n) is 2.58. The highest BCUT2D eigenvalue weighted by molar-refractivity contribution is 7.99. The van der Waals surface area contributed by atoms with Crippen LogP contribution in [0.15, 0.2) is 18.2 Å². The van der Waals surface area contributed by atoms with Crippen LogP contribution in [0.1, 0.15) is 36.6 Å². The largest absolute Gasteiger partial charge is 0.323 e. The molecule has 1 aromatic rings. The second kappa shape index (κ2) is 6.31. The molecule has 90 valence electrons. The monoisotopic (exact) mass is 237 g/mol. The molecular weight excluding hydrogens is 214 g/mol. The maximum Gasteiger partial charge on any atom is 0.0389 e. The molecule has 1 aromatic carbocycles. The van der Waals surface area contributed by atoms with Crippen LogP contribution in [0.4, 0.5) is 0 Å². The van der Waals surface area contributed by atoms with Gasteiger partial charge in [-0.1, -0.05) is 37.6 Å². The molecule has 1 rings (SSSR count). The number of nitrogens with two attached hydrogens (primary N) is 1. The number of hydrogen-bond acceptors (Lipinski definition) is 2. The molecule has 0 heterocycles. The van der Waals surface area contributed by atoms with E-state index in [0.717, 1.165) is 11.7 Å². The van der Waals surface area contributed by atoms with E-state index in [1.165, 1.54) is 22.4 Å². The fourth-order valence-electron chi connectivity index (χ4n) is 1.68. The van der Waals surface area contributed by atoms with E-state index in [9.17, 15) is 0 Å². The van der Waals surface area contributed by atoms with Crippen LogP contribution in [0.5, 0.6) is 0 Å². The van der Waals surface area contributed by atoms with Gasteiger partial charge in [-0.15, -0.1) is 0 Å². The van der Waals surface area contributed by atoms with Crippen molar-refractivity contribution in [3.63, 3.8) is 0 Å². The quantitative estimate of drug-likeness (QED) is 0.845. The van der Waals surface area contributed by atoms with Gasteiger partial charge in [-0.3, -0.25) is 0 Å². The Morgan fingerprint density at radius 2 is 1.88 bits per heavy atom. The van der Waals surface area contributed by atoms with Gasteiger partial charge in [-0.2, -0.15) is 11.8 Å². The minimum atomic E-state index is 0.170. The normalized spacial score (nSPS) is 13.1. The minimum absolute atomic E-state index is 0.170. The lowest BCUT2D eigenvalue weighted by Crippen LogP contribution is -2.15. The Kier molecular flexibility index (Phi) is 5.36. The van der Waals surface area contributed by atoms with E-state index in [-0.39, 0.29) is 6.04 Å². The lowest BCUT2D eigenvalue weighted by molar-refractivity contribution is 0.746. The molecule has 1 atom stereocenters. The maximum atomic E-state index is 6.23. The van der Waals surface area contributed by atoms with Crippen molar-refractivity contribution in [2.75, 3.05) is 11.5 Å². The molecule has 0 amide bonds. The average Bonchev–Trinajstić information content (AvgIpc) is 2.21. The first-order valence-corrected chi connectivity index (χ1v) is 7.06. The summed E-state index contributed by atoms with van der Waals surface area (Å²) >= 11 is 1.95. The third-order valence-corrected chi connectivity index (χ3v) is 4.08. The zero-order valence-electron chi connectivity index (χ0n) is 10.8. The molecule has 16 heavy (non-hydrogen) atoms. The van der Waals surface area contributed by atoms with Crippen LogP contribution < -0.4 is 5.73 Å². The Morgan fingerprint density at radius 3 is 2.50 bits per heavy atom. The van der Waals surface area contributed by atoms with Crippen LogP contribution in [0.25, 0.3) is 0 Å². The van der Waals surface area contributed by atoms with Gasteiger partial charge >= 0.3 is 0 Å². The molecule has 0 radical (unpaired) electrons. The van der Waals surface area contributed by atoms with Gasteiger partial charge in [0.1, 0.15) is 0 Å². The number of thioether (sulfide) groups is 1. The molecule has 0 aliphatic heterocycles. The summed E-state index contributed by atoms with van der Waals surface area (Å²) < 4.78 is 0. The van der Waals surface area contributed by atoms with Gasteiger partial charge in [0.2, 0.25) is 0 Å². The Hall–Kier alpha value is -0.470. The fourth-order valence-corrected chi connectivity index (χ4v) is 2.72. The number of aryl methyl sites for hydroxylation is 2. The summed E-state index contributed by atoms with van der Waals surface area (Å²) in [4.78, 5) is 0. The minimum Gasteiger partial charge on any atom is -0.323 e. The smallest absolute Gasteiger partial charge is 0.0389 e. The third kappa shape index (κ3) is 4.18. The van der Waals surface area contributed by atoms with Gasteiger partial charge in [0.25, 0.3) is 0 Å². The van der Waals surface area contributed by atoms with Gasteiger partial charge in [0.15, 0.2) is 0 Å². The second-order valence-electron chi connectivity index (χ2n) is 4.90. The molecule has 0 saturated heterocycles. The van der Waals surface area contributed by atoms with Crippen molar-refractivity contribution in [3.8, 4) is 0 Å². The van der Waals surface area contributed by atoms with Crippen molar-refractivity contribution >= 4 is 11.8 Å². The average molecular weight is 237 g/mol. The first-order valence-electron chi connectivity index (χ1n) is 5.91. The SMILES string of the molecule is Cc1ccc(C)c(C(N)CSCC(C)C)c1. The highest BCUT2D eigenvalue weighted by Gasteiger charge is 2.09. The van der Waals surface area contributed by atoms with Crippen molar-refractivity contribution in [2.45, 2.75) is 33.7 Å². The van der Waals surface area contributed by atoms with Crippen molar-refractivity contribution in [1.82, 2.24) is 0 Å². The van der Waals surface area contributed by atoms with E-state index < -0.39 is 0 Å². The summed E-state index contributed by atoms with van der Waals surface area (Å²) in [5.74, 6) is 2.96. The van der Waals surface area contributed by atoms with E-state index in [4.69, 9.17) is 5.73 Å². The predicted molar refractivity (Wildman–Crippen MR) is 75.0 cm³/mol. The Bertz CT molecular complexity index is 334. The summed E-state index contributed by atoms with van der Waals surface area (Å²) in [6.45, 7) is 8.76. The van der Waals surface area contributed by atoms with Crippen LogP contribution in [-0.4, -0.2) is 11.5 Å². The van der Waals surface area contributed by atoms with Gasteiger partial charge < -0.3 is 5.73 Å². The van der Waals surface area contributed by atoms with E-state index in [1.54, 1.807) is 0 Å². The Morgan fingerprint density at radius 1 is 1.19 bits per heavy atom. The molecule has 0 fully saturated rings. The van der Waals surface area contributed by atoms with Crippen molar-refractivity contribution < 1.29 is 0 Å². The Labute approximate surface area is 104 Å². The molecule has 2 heteroatoms. The molecule has 0 saturated carbocycles. The van der Waals surface area contributed by atoms with E-state index in [1.807, 2.05) is 11.8 Å². The summed E-state index contributed by atoms with van der Waals surface area (Å²) in [5, 5.41) is 0. The summed E-state index contributed by atoms with van der Waals surface area (Å²) in [6.07, 6.45) is 0. The molecule has 0 aliphatic rings.